The van der Waals surface area contributed by atoms with Gasteiger partial charge in [0.15, 0.2) is 0 Å². The van der Waals surface area contributed by atoms with Gasteiger partial charge in [0.1, 0.15) is 11.6 Å². The minimum atomic E-state index is -0.594. The summed E-state index contributed by atoms with van der Waals surface area (Å²) in [7, 11) is 4.11. The third-order valence-electron chi connectivity index (χ3n) is 4.84. The summed E-state index contributed by atoms with van der Waals surface area (Å²) in [6.45, 7) is 3.56. The van der Waals surface area contributed by atoms with Crippen LogP contribution >= 0.6 is 0 Å². The van der Waals surface area contributed by atoms with Crippen LogP contribution in [0.2, 0.25) is 0 Å². The van der Waals surface area contributed by atoms with Gasteiger partial charge in [-0.2, -0.15) is 0 Å². The number of carbonyl (C=O) groups excluding carboxylic acids is 2. The van der Waals surface area contributed by atoms with Crippen LogP contribution in [0.25, 0.3) is 0 Å². The molecule has 0 radical (unpaired) electrons. The first-order valence-corrected chi connectivity index (χ1v) is 8.24. The van der Waals surface area contributed by atoms with E-state index in [1.165, 1.54) is 6.42 Å². The molecule has 1 aliphatic heterocycles. The zero-order valence-corrected chi connectivity index (χ0v) is 13.7. The van der Waals surface area contributed by atoms with Crippen LogP contribution < -0.4 is 5.32 Å². The summed E-state index contributed by atoms with van der Waals surface area (Å²) < 4.78 is 0. The molecule has 1 spiro atoms. The molecule has 0 aromatic carbocycles. The van der Waals surface area contributed by atoms with Crippen molar-refractivity contribution in [2.75, 3.05) is 27.2 Å². The van der Waals surface area contributed by atoms with Gasteiger partial charge in [-0.05, 0) is 53.2 Å². The molecular weight excluding hydrogens is 266 g/mol. The Bertz CT molecular complexity index is 389. The Morgan fingerprint density at radius 3 is 2.48 bits per heavy atom. The van der Waals surface area contributed by atoms with E-state index in [4.69, 9.17) is 0 Å². The van der Waals surface area contributed by atoms with Gasteiger partial charge in [0, 0.05) is 6.54 Å². The Labute approximate surface area is 128 Å². The summed E-state index contributed by atoms with van der Waals surface area (Å²) in [6, 6.07) is -0.329. The first-order chi connectivity index (χ1) is 9.96. The van der Waals surface area contributed by atoms with Crippen LogP contribution in [-0.4, -0.2) is 60.4 Å². The minimum absolute atomic E-state index is 0.0177. The maximum absolute atomic E-state index is 12.9. The smallest absolute Gasteiger partial charge is 0.248 e. The SMILES string of the molecule is CC1C(=O)NC2(CCCCC2)C(=O)N1CCCCN(C)C. The standard InChI is InChI=1S/C16H29N3O2/c1-13-14(20)17-16(9-5-4-6-10-16)15(21)19(13)12-8-7-11-18(2)3/h13H,4-12H2,1-3H3,(H,17,20). The summed E-state index contributed by atoms with van der Waals surface area (Å²) in [4.78, 5) is 29.1. The lowest BCUT2D eigenvalue weighted by atomic mass is 9.78. The van der Waals surface area contributed by atoms with E-state index in [1.54, 1.807) is 0 Å². The van der Waals surface area contributed by atoms with Crippen LogP contribution in [0.4, 0.5) is 0 Å². The minimum Gasteiger partial charge on any atom is -0.340 e. The van der Waals surface area contributed by atoms with Gasteiger partial charge in [-0.3, -0.25) is 9.59 Å². The number of piperazine rings is 1. The molecule has 5 heteroatoms. The molecule has 2 rings (SSSR count). The lowest BCUT2D eigenvalue weighted by Crippen LogP contribution is -2.70. The fourth-order valence-electron chi connectivity index (χ4n) is 3.49. The molecule has 0 aromatic rings. The lowest BCUT2D eigenvalue weighted by molar-refractivity contribution is -0.156. The van der Waals surface area contributed by atoms with E-state index in [1.807, 2.05) is 11.8 Å². The molecule has 2 fully saturated rings. The van der Waals surface area contributed by atoms with Gasteiger partial charge in [0.2, 0.25) is 11.8 Å². The molecule has 1 atom stereocenters. The first-order valence-electron chi connectivity index (χ1n) is 8.24. The second kappa shape index (κ2) is 6.77. The summed E-state index contributed by atoms with van der Waals surface area (Å²) in [5, 5.41) is 3.03. The summed E-state index contributed by atoms with van der Waals surface area (Å²) >= 11 is 0. The molecule has 2 amide bonds. The molecular formula is C16H29N3O2. The normalized spacial score (nSPS) is 25.5. The Morgan fingerprint density at radius 2 is 1.86 bits per heavy atom. The maximum atomic E-state index is 12.9. The van der Waals surface area contributed by atoms with Crippen LogP contribution in [0.1, 0.15) is 51.9 Å². The van der Waals surface area contributed by atoms with Crippen molar-refractivity contribution >= 4 is 11.8 Å². The van der Waals surface area contributed by atoms with Crippen molar-refractivity contribution < 1.29 is 9.59 Å². The van der Waals surface area contributed by atoms with Gasteiger partial charge in [-0.15, -0.1) is 0 Å². The lowest BCUT2D eigenvalue weighted by Gasteiger charge is -2.47. The molecule has 1 aliphatic carbocycles. The van der Waals surface area contributed by atoms with Crippen LogP contribution in [0.15, 0.2) is 0 Å². The van der Waals surface area contributed by atoms with E-state index in [2.05, 4.69) is 24.3 Å². The number of hydrogen-bond donors (Lipinski definition) is 1. The molecule has 1 heterocycles. The van der Waals surface area contributed by atoms with Crippen molar-refractivity contribution in [3.8, 4) is 0 Å². The van der Waals surface area contributed by atoms with E-state index < -0.39 is 5.54 Å². The number of hydrogen-bond acceptors (Lipinski definition) is 3. The monoisotopic (exact) mass is 295 g/mol. The van der Waals surface area contributed by atoms with Gasteiger partial charge in [0.25, 0.3) is 0 Å². The molecule has 21 heavy (non-hydrogen) atoms. The molecule has 2 aliphatic rings. The van der Waals surface area contributed by atoms with Crippen LogP contribution in [0.3, 0.4) is 0 Å². The van der Waals surface area contributed by atoms with Gasteiger partial charge in [-0.25, -0.2) is 0 Å². The highest BCUT2D eigenvalue weighted by molar-refractivity contribution is 5.99. The van der Waals surface area contributed by atoms with Crippen molar-refractivity contribution in [3.05, 3.63) is 0 Å². The topological polar surface area (TPSA) is 52.7 Å². The van der Waals surface area contributed by atoms with Crippen molar-refractivity contribution in [2.45, 2.75) is 63.5 Å². The van der Waals surface area contributed by atoms with E-state index in [0.29, 0.717) is 6.54 Å². The summed E-state index contributed by atoms with van der Waals surface area (Å²) in [6.07, 6.45) is 6.86. The van der Waals surface area contributed by atoms with E-state index in [-0.39, 0.29) is 17.9 Å². The van der Waals surface area contributed by atoms with Gasteiger partial charge < -0.3 is 15.1 Å². The van der Waals surface area contributed by atoms with Crippen molar-refractivity contribution in [3.63, 3.8) is 0 Å². The molecule has 120 valence electrons. The third kappa shape index (κ3) is 3.57. The summed E-state index contributed by atoms with van der Waals surface area (Å²) in [5.41, 5.74) is -0.594. The predicted molar refractivity (Wildman–Crippen MR) is 82.9 cm³/mol. The number of amides is 2. The molecule has 0 aromatic heterocycles. The van der Waals surface area contributed by atoms with Gasteiger partial charge >= 0.3 is 0 Å². The Hall–Kier alpha value is -1.10. The largest absolute Gasteiger partial charge is 0.340 e. The van der Waals surface area contributed by atoms with E-state index >= 15 is 0 Å². The average Bonchev–Trinajstić information content (AvgIpc) is 2.45. The van der Waals surface area contributed by atoms with Crippen molar-refractivity contribution in [1.29, 1.82) is 0 Å². The second-order valence-corrected chi connectivity index (χ2v) is 6.82. The quantitative estimate of drug-likeness (QED) is 0.780. The molecule has 1 N–H and O–H groups in total. The molecule has 1 saturated carbocycles. The first kappa shape index (κ1) is 16.3. The Kier molecular flexibility index (Phi) is 5.25. The zero-order chi connectivity index (χ0) is 15.5. The number of nitrogens with zero attached hydrogens (tertiary/aromatic N) is 2. The fourth-order valence-corrected chi connectivity index (χ4v) is 3.49. The second-order valence-electron chi connectivity index (χ2n) is 6.82. The number of nitrogens with one attached hydrogen (secondary N) is 1. The Morgan fingerprint density at radius 1 is 1.19 bits per heavy atom. The molecule has 5 nitrogen and oxygen atoms in total. The Balaban J connectivity index is 2.00. The van der Waals surface area contributed by atoms with Crippen molar-refractivity contribution in [1.82, 2.24) is 15.1 Å². The highest BCUT2D eigenvalue weighted by Crippen LogP contribution is 2.33. The zero-order valence-electron chi connectivity index (χ0n) is 13.7. The third-order valence-corrected chi connectivity index (χ3v) is 4.84. The highest BCUT2D eigenvalue weighted by atomic mass is 16.2. The fraction of sp³-hybridized carbons (Fsp3) is 0.875. The molecule has 0 bridgehead atoms. The van der Waals surface area contributed by atoms with Gasteiger partial charge in [-0.1, -0.05) is 19.3 Å². The molecule has 1 unspecified atom stereocenters. The number of rotatable bonds is 5. The van der Waals surface area contributed by atoms with Crippen LogP contribution in [0.5, 0.6) is 0 Å². The van der Waals surface area contributed by atoms with Crippen molar-refractivity contribution in [2.24, 2.45) is 0 Å². The van der Waals surface area contributed by atoms with Crippen LogP contribution in [0, 0.1) is 0 Å². The average molecular weight is 295 g/mol. The van der Waals surface area contributed by atoms with E-state index in [9.17, 15) is 9.59 Å². The maximum Gasteiger partial charge on any atom is 0.248 e. The van der Waals surface area contributed by atoms with E-state index in [0.717, 1.165) is 45.1 Å². The number of unbranched alkanes of at least 4 members (excludes halogenated alkanes) is 1. The number of carbonyl (C=O) groups is 2. The predicted octanol–water partition coefficient (Wildman–Crippen LogP) is 1.38. The molecule has 1 saturated heterocycles. The van der Waals surface area contributed by atoms with Crippen LogP contribution in [-0.2, 0) is 9.59 Å². The summed E-state index contributed by atoms with van der Waals surface area (Å²) in [5.74, 6) is 0.170. The van der Waals surface area contributed by atoms with Gasteiger partial charge in [0.05, 0.1) is 0 Å². The highest BCUT2D eigenvalue weighted by Gasteiger charge is 2.49.